The first kappa shape index (κ1) is 36.7. The molecule has 242 valence electrons. The van der Waals surface area contributed by atoms with Crippen molar-refractivity contribution < 1.29 is 19.7 Å². The van der Waals surface area contributed by atoms with E-state index in [0.29, 0.717) is 19.4 Å². The average Bonchev–Trinajstić information content (AvgIpc) is 3.01. The van der Waals surface area contributed by atoms with Crippen LogP contribution in [-0.4, -0.2) is 22.8 Å². The summed E-state index contributed by atoms with van der Waals surface area (Å²) in [6.45, 7) is 4.87. The maximum Gasteiger partial charge on any atom is 0.305 e. The molecule has 43 heavy (non-hydrogen) atoms. The van der Waals surface area contributed by atoms with Crippen LogP contribution in [0.2, 0.25) is 0 Å². The van der Waals surface area contributed by atoms with Gasteiger partial charge in [0.1, 0.15) is 11.5 Å². The van der Waals surface area contributed by atoms with Gasteiger partial charge in [-0.2, -0.15) is 0 Å². The Kier molecular flexibility index (Phi) is 19.6. The van der Waals surface area contributed by atoms with Gasteiger partial charge in [-0.1, -0.05) is 160 Å². The van der Waals surface area contributed by atoms with Gasteiger partial charge in [0.25, 0.3) is 0 Å². The molecule has 0 heterocycles. The van der Waals surface area contributed by atoms with Crippen LogP contribution < -0.4 is 0 Å². The van der Waals surface area contributed by atoms with Gasteiger partial charge in [-0.25, -0.2) is 0 Å². The number of hydrogen-bond acceptors (Lipinski definition) is 4. The third-order valence-corrected chi connectivity index (χ3v) is 9.10. The number of phenols is 2. The Labute approximate surface area is 263 Å². The Morgan fingerprint density at radius 3 is 1.23 bits per heavy atom. The van der Waals surface area contributed by atoms with E-state index in [4.69, 9.17) is 4.74 Å². The van der Waals surface area contributed by atoms with Gasteiger partial charge in [0, 0.05) is 11.8 Å². The molecular weight excluding hydrogens is 532 g/mol. The molecular formula is C39H62O4. The molecule has 0 radical (unpaired) electrons. The van der Waals surface area contributed by atoms with Gasteiger partial charge in [0.2, 0.25) is 0 Å². The van der Waals surface area contributed by atoms with Crippen LogP contribution in [-0.2, 0) is 14.9 Å². The third-order valence-electron chi connectivity index (χ3n) is 9.10. The smallest absolute Gasteiger partial charge is 0.305 e. The molecule has 0 atom stereocenters. The van der Waals surface area contributed by atoms with E-state index in [1.165, 1.54) is 116 Å². The van der Waals surface area contributed by atoms with Crippen LogP contribution >= 0.6 is 0 Å². The van der Waals surface area contributed by atoms with Gasteiger partial charge in [-0.05, 0) is 48.2 Å². The summed E-state index contributed by atoms with van der Waals surface area (Å²) >= 11 is 0. The van der Waals surface area contributed by atoms with Crippen LogP contribution in [0.1, 0.15) is 166 Å². The predicted octanol–water partition coefficient (Wildman–Crippen LogP) is 11.5. The second-order valence-electron chi connectivity index (χ2n) is 12.9. The van der Waals surface area contributed by atoms with Gasteiger partial charge in [0.15, 0.2) is 0 Å². The van der Waals surface area contributed by atoms with E-state index < -0.39 is 5.41 Å². The maximum absolute atomic E-state index is 12.6. The fraction of sp³-hybridized carbons (Fsp3) is 0.667. The van der Waals surface area contributed by atoms with E-state index >= 15 is 0 Å². The molecule has 0 saturated heterocycles. The van der Waals surface area contributed by atoms with Gasteiger partial charge < -0.3 is 14.9 Å². The number of ether oxygens (including phenoxy) is 1. The minimum Gasteiger partial charge on any atom is -0.508 e. The van der Waals surface area contributed by atoms with Crippen molar-refractivity contribution in [1.29, 1.82) is 0 Å². The number of aromatic hydroxyl groups is 2. The number of esters is 1. The molecule has 0 fully saturated rings. The SMILES string of the molecule is CCCCCCCCCCCCCCCCCCCCCCOC(=O)CCC(C)(c1ccc(O)cc1)c1ccc(O)cc1. The number of unbranched alkanes of at least 4 members (excludes halogenated alkanes) is 19. The van der Waals surface area contributed by atoms with Crippen molar-refractivity contribution >= 4 is 5.97 Å². The highest BCUT2D eigenvalue weighted by molar-refractivity contribution is 5.69. The zero-order chi connectivity index (χ0) is 31.0. The lowest BCUT2D eigenvalue weighted by Gasteiger charge is -2.31. The Balaban J connectivity index is 1.45. The highest BCUT2D eigenvalue weighted by Gasteiger charge is 2.30. The summed E-state index contributed by atoms with van der Waals surface area (Å²) in [4.78, 5) is 12.6. The summed E-state index contributed by atoms with van der Waals surface area (Å²) in [6, 6.07) is 14.3. The summed E-state index contributed by atoms with van der Waals surface area (Å²) in [6.07, 6.45) is 28.0. The highest BCUT2D eigenvalue weighted by atomic mass is 16.5. The molecule has 2 rings (SSSR count). The standard InChI is InChI=1S/C39H62O4/c1-3-4-5-6-7-8-9-10-11-12-13-14-15-16-17-18-19-20-21-22-33-43-38(42)31-32-39(2,34-23-27-36(40)28-24-34)35-25-29-37(41)30-26-35/h23-30,40-41H,3-22,31-33H2,1-2H3. The molecule has 2 aromatic rings. The predicted molar refractivity (Wildman–Crippen MR) is 181 cm³/mol. The molecule has 4 heteroatoms. The summed E-state index contributed by atoms with van der Waals surface area (Å²) < 4.78 is 5.57. The zero-order valence-electron chi connectivity index (χ0n) is 27.6. The Morgan fingerprint density at radius 1 is 0.558 bits per heavy atom. The highest BCUT2D eigenvalue weighted by Crippen LogP contribution is 2.38. The van der Waals surface area contributed by atoms with E-state index in [1.807, 2.05) is 24.3 Å². The van der Waals surface area contributed by atoms with Crippen molar-refractivity contribution in [3.63, 3.8) is 0 Å². The number of carbonyl (C=O) groups excluding carboxylic acids is 1. The van der Waals surface area contributed by atoms with Crippen molar-refractivity contribution in [2.75, 3.05) is 6.61 Å². The lowest BCUT2D eigenvalue weighted by atomic mass is 9.73. The van der Waals surface area contributed by atoms with Crippen molar-refractivity contribution in [2.45, 2.75) is 161 Å². The lowest BCUT2D eigenvalue weighted by Crippen LogP contribution is -2.25. The van der Waals surface area contributed by atoms with Crippen LogP contribution in [0.25, 0.3) is 0 Å². The van der Waals surface area contributed by atoms with Gasteiger partial charge in [-0.15, -0.1) is 0 Å². The molecule has 0 saturated carbocycles. The van der Waals surface area contributed by atoms with Gasteiger partial charge in [-0.3, -0.25) is 4.79 Å². The summed E-state index contributed by atoms with van der Waals surface area (Å²) in [5.74, 6) is 0.263. The minimum atomic E-state index is -0.437. The van der Waals surface area contributed by atoms with E-state index in [-0.39, 0.29) is 17.5 Å². The van der Waals surface area contributed by atoms with E-state index in [2.05, 4.69) is 13.8 Å². The summed E-state index contributed by atoms with van der Waals surface area (Å²) in [5, 5.41) is 19.5. The summed E-state index contributed by atoms with van der Waals surface area (Å²) in [5.41, 5.74) is 1.59. The molecule has 2 N–H and O–H groups in total. The fourth-order valence-electron chi connectivity index (χ4n) is 6.08. The van der Waals surface area contributed by atoms with Gasteiger partial charge >= 0.3 is 5.97 Å². The van der Waals surface area contributed by atoms with Crippen LogP contribution in [0.4, 0.5) is 0 Å². The monoisotopic (exact) mass is 594 g/mol. The topological polar surface area (TPSA) is 66.8 Å². The number of phenolic OH excluding ortho intramolecular Hbond substituents is 2. The molecule has 0 spiro atoms. The van der Waals surface area contributed by atoms with E-state index in [0.717, 1.165) is 24.0 Å². The Bertz CT molecular complexity index is 905. The number of benzene rings is 2. The molecule has 0 amide bonds. The van der Waals surface area contributed by atoms with Crippen molar-refractivity contribution in [1.82, 2.24) is 0 Å². The van der Waals surface area contributed by atoms with Crippen molar-refractivity contribution in [2.24, 2.45) is 0 Å². The zero-order valence-corrected chi connectivity index (χ0v) is 27.6. The quantitative estimate of drug-likeness (QED) is 0.0839. The van der Waals surface area contributed by atoms with Crippen molar-refractivity contribution in [3.05, 3.63) is 59.7 Å². The van der Waals surface area contributed by atoms with Crippen LogP contribution in [0.5, 0.6) is 11.5 Å². The molecule has 0 bridgehead atoms. The van der Waals surface area contributed by atoms with Crippen molar-refractivity contribution in [3.8, 4) is 11.5 Å². The minimum absolute atomic E-state index is 0.165. The largest absolute Gasteiger partial charge is 0.508 e. The van der Waals surface area contributed by atoms with Crippen LogP contribution in [0.15, 0.2) is 48.5 Å². The lowest BCUT2D eigenvalue weighted by molar-refractivity contribution is -0.144. The second kappa shape index (κ2) is 23.0. The molecule has 4 nitrogen and oxygen atoms in total. The number of hydrogen-bond donors (Lipinski definition) is 2. The third kappa shape index (κ3) is 16.2. The molecule has 0 unspecified atom stereocenters. The molecule has 0 aliphatic heterocycles. The fourth-order valence-corrected chi connectivity index (χ4v) is 6.08. The Morgan fingerprint density at radius 2 is 0.884 bits per heavy atom. The first-order chi connectivity index (χ1) is 21.0. The van der Waals surface area contributed by atoms with E-state index in [9.17, 15) is 15.0 Å². The normalized spacial score (nSPS) is 11.6. The molecule has 0 aliphatic rings. The molecule has 0 aromatic heterocycles. The van der Waals surface area contributed by atoms with Crippen LogP contribution in [0.3, 0.4) is 0 Å². The second-order valence-corrected chi connectivity index (χ2v) is 12.9. The van der Waals surface area contributed by atoms with E-state index in [1.54, 1.807) is 24.3 Å². The van der Waals surface area contributed by atoms with Gasteiger partial charge in [0.05, 0.1) is 6.61 Å². The average molecular weight is 595 g/mol. The number of rotatable bonds is 26. The summed E-state index contributed by atoms with van der Waals surface area (Å²) in [7, 11) is 0. The number of carbonyl (C=O) groups is 1. The molecule has 0 aliphatic carbocycles. The first-order valence-corrected chi connectivity index (χ1v) is 17.7. The maximum atomic E-state index is 12.6. The Hall–Kier alpha value is -2.49. The first-order valence-electron chi connectivity index (χ1n) is 17.7. The molecule has 2 aromatic carbocycles. The van der Waals surface area contributed by atoms with Crippen LogP contribution in [0, 0.1) is 0 Å².